The Morgan fingerprint density at radius 2 is 1.55 bits per heavy atom. The smallest absolute Gasteiger partial charge is 0.307 e. The number of ketones is 1. The highest BCUT2D eigenvalue weighted by molar-refractivity contribution is 6.04. The van der Waals surface area contributed by atoms with Crippen LogP contribution in [0.3, 0.4) is 0 Å². The van der Waals surface area contributed by atoms with Gasteiger partial charge in [-0.25, -0.2) is 0 Å². The average Bonchev–Trinajstić information content (AvgIpc) is 2.45. The molecule has 0 spiro atoms. The largest absolute Gasteiger partial charge is 0.481 e. The van der Waals surface area contributed by atoms with E-state index in [1.54, 1.807) is 6.92 Å². The Bertz CT molecular complexity index is 572. The monoisotopic (exact) mass is 302 g/mol. The molecule has 0 amide bonds. The molecule has 0 radical (unpaired) electrons. The molecule has 3 nitrogen and oxygen atoms in total. The summed E-state index contributed by atoms with van der Waals surface area (Å²) < 4.78 is 0. The number of carboxylic acid groups (broad SMARTS) is 1. The first-order valence-corrected chi connectivity index (χ1v) is 8.15. The third kappa shape index (κ3) is 2.81. The molecule has 1 aliphatic carbocycles. The second kappa shape index (κ2) is 6.23. The van der Waals surface area contributed by atoms with E-state index in [1.807, 2.05) is 32.9 Å². The molecule has 2 rings (SSSR count). The predicted molar refractivity (Wildman–Crippen MR) is 87.3 cm³/mol. The van der Waals surface area contributed by atoms with Crippen molar-refractivity contribution in [2.24, 2.45) is 11.3 Å². The molecule has 1 aromatic rings. The van der Waals surface area contributed by atoms with E-state index in [-0.39, 0.29) is 5.78 Å². The Kier molecular flexibility index (Phi) is 4.74. The number of benzene rings is 1. The number of rotatable bonds is 4. The van der Waals surface area contributed by atoms with E-state index in [2.05, 4.69) is 0 Å². The molecule has 120 valence electrons. The summed E-state index contributed by atoms with van der Waals surface area (Å²) >= 11 is 0. The summed E-state index contributed by atoms with van der Waals surface area (Å²) in [4.78, 5) is 25.0. The van der Waals surface area contributed by atoms with E-state index >= 15 is 0 Å². The van der Waals surface area contributed by atoms with Crippen LogP contribution in [-0.4, -0.2) is 16.9 Å². The van der Waals surface area contributed by atoms with E-state index in [0.717, 1.165) is 41.5 Å². The fourth-order valence-corrected chi connectivity index (χ4v) is 4.06. The van der Waals surface area contributed by atoms with Crippen molar-refractivity contribution >= 4 is 11.8 Å². The van der Waals surface area contributed by atoms with Crippen molar-refractivity contribution in [2.75, 3.05) is 0 Å². The fourth-order valence-electron chi connectivity index (χ4n) is 4.06. The van der Waals surface area contributed by atoms with Crippen molar-refractivity contribution in [3.05, 3.63) is 34.4 Å². The van der Waals surface area contributed by atoms with Crippen LogP contribution in [0.2, 0.25) is 0 Å². The van der Waals surface area contributed by atoms with Crippen LogP contribution < -0.4 is 0 Å². The van der Waals surface area contributed by atoms with Crippen molar-refractivity contribution < 1.29 is 14.7 Å². The van der Waals surface area contributed by atoms with Crippen molar-refractivity contribution in [2.45, 2.75) is 59.8 Å². The van der Waals surface area contributed by atoms with Gasteiger partial charge < -0.3 is 5.11 Å². The number of hydrogen-bond donors (Lipinski definition) is 1. The zero-order chi connectivity index (χ0) is 16.5. The topological polar surface area (TPSA) is 54.4 Å². The molecule has 1 atom stereocenters. The molecular formula is C19H26O3. The van der Waals surface area contributed by atoms with Gasteiger partial charge in [-0.15, -0.1) is 0 Å². The fraction of sp³-hybridized carbons (Fsp3) is 0.579. The number of Topliss-reactive ketones (excluding diaryl/α,β-unsaturated/α-hetero) is 1. The zero-order valence-corrected chi connectivity index (χ0v) is 14.0. The van der Waals surface area contributed by atoms with E-state index < -0.39 is 17.3 Å². The maximum absolute atomic E-state index is 13.4. The number of aryl methyl sites for hydroxylation is 3. The first kappa shape index (κ1) is 16.7. The average molecular weight is 302 g/mol. The van der Waals surface area contributed by atoms with Gasteiger partial charge in [-0.2, -0.15) is 0 Å². The third-order valence-corrected chi connectivity index (χ3v) is 5.30. The van der Waals surface area contributed by atoms with Crippen LogP contribution in [0.25, 0.3) is 0 Å². The van der Waals surface area contributed by atoms with E-state index in [4.69, 9.17) is 0 Å². The third-order valence-electron chi connectivity index (χ3n) is 5.30. The molecule has 0 bridgehead atoms. The summed E-state index contributed by atoms with van der Waals surface area (Å²) in [6.45, 7) is 7.62. The van der Waals surface area contributed by atoms with Crippen molar-refractivity contribution in [1.82, 2.24) is 0 Å². The van der Waals surface area contributed by atoms with Gasteiger partial charge in [-0.05, 0) is 44.7 Å². The van der Waals surface area contributed by atoms with Gasteiger partial charge in [0.25, 0.3) is 0 Å². The Hall–Kier alpha value is -1.64. The van der Waals surface area contributed by atoms with E-state index in [9.17, 15) is 14.7 Å². The van der Waals surface area contributed by atoms with Gasteiger partial charge in [0, 0.05) is 11.0 Å². The van der Waals surface area contributed by atoms with Gasteiger partial charge >= 0.3 is 5.97 Å². The number of hydrogen-bond acceptors (Lipinski definition) is 2. The lowest BCUT2D eigenvalue weighted by Gasteiger charge is -2.39. The zero-order valence-electron chi connectivity index (χ0n) is 14.0. The lowest BCUT2D eigenvalue weighted by Crippen LogP contribution is -2.43. The highest BCUT2D eigenvalue weighted by Gasteiger charge is 2.47. The Morgan fingerprint density at radius 3 is 2.00 bits per heavy atom. The van der Waals surface area contributed by atoms with Crippen LogP contribution in [0.5, 0.6) is 0 Å². The van der Waals surface area contributed by atoms with Gasteiger partial charge in [-0.1, -0.05) is 43.9 Å². The molecule has 3 heteroatoms. The molecule has 22 heavy (non-hydrogen) atoms. The van der Waals surface area contributed by atoms with Crippen molar-refractivity contribution in [3.8, 4) is 0 Å². The summed E-state index contributed by atoms with van der Waals surface area (Å²) in [5.74, 6) is -1.46. The van der Waals surface area contributed by atoms with Gasteiger partial charge in [0.15, 0.2) is 5.78 Å². The molecule has 1 unspecified atom stereocenters. The molecule has 0 aliphatic heterocycles. The van der Waals surface area contributed by atoms with Gasteiger partial charge in [0.2, 0.25) is 0 Å². The van der Waals surface area contributed by atoms with Gasteiger partial charge in [0.1, 0.15) is 0 Å². The molecule has 0 aromatic heterocycles. The first-order valence-electron chi connectivity index (χ1n) is 8.15. The van der Waals surface area contributed by atoms with E-state index in [1.165, 1.54) is 0 Å². The Labute approximate surface area is 132 Å². The van der Waals surface area contributed by atoms with Crippen LogP contribution in [0.1, 0.15) is 66.1 Å². The molecule has 0 heterocycles. The number of carbonyl (C=O) groups excluding carboxylic acids is 1. The molecule has 0 saturated heterocycles. The van der Waals surface area contributed by atoms with Crippen LogP contribution >= 0.6 is 0 Å². The normalized spacial score (nSPS) is 18.7. The second-order valence-corrected chi connectivity index (χ2v) is 6.88. The number of carboxylic acids is 1. The summed E-state index contributed by atoms with van der Waals surface area (Å²) in [6.07, 6.45) is 4.34. The molecule has 1 N–H and O–H groups in total. The standard InChI is InChI=1S/C19H26O3/c1-12-10-13(2)16(14(3)11-12)17(20)19(15(4)18(21)22)8-6-5-7-9-19/h10-11,15H,5-9H2,1-4H3,(H,21,22). The molecule has 1 saturated carbocycles. The van der Waals surface area contributed by atoms with Gasteiger partial charge in [0.05, 0.1) is 5.92 Å². The molecule has 1 aliphatic rings. The molecule has 1 fully saturated rings. The maximum atomic E-state index is 13.4. The van der Waals surface area contributed by atoms with Crippen molar-refractivity contribution in [3.63, 3.8) is 0 Å². The summed E-state index contributed by atoms with van der Waals surface area (Å²) in [7, 11) is 0. The second-order valence-electron chi connectivity index (χ2n) is 6.88. The minimum atomic E-state index is -0.863. The minimum Gasteiger partial charge on any atom is -0.481 e. The maximum Gasteiger partial charge on any atom is 0.307 e. The Balaban J connectivity index is 2.53. The molecule has 1 aromatic carbocycles. The first-order chi connectivity index (χ1) is 10.3. The van der Waals surface area contributed by atoms with Crippen LogP contribution in [0, 0.1) is 32.1 Å². The van der Waals surface area contributed by atoms with Gasteiger partial charge in [-0.3, -0.25) is 9.59 Å². The lowest BCUT2D eigenvalue weighted by atomic mass is 9.62. The SMILES string of the molecule is Cc1cc(C)c(C(=O)C2(C(C)C(=O)O)CCCCC2)c(C)c1. The molecular weight excluding hydrogens is 276 g/mol. The summed E-state index contributed by atoms with van der Waals surface area (Å²) in [5, 5.41) is 9.53. The number of carbonyl (C=O) groups is 2. The quantitative estimate of drug-likeness (QED) is 0.835. The summed E-state index contributed by atoms with van der Waals surface area (Å²) in [6, 6.07) is 4.03. The van der Waals surface area contributed by atoms with Crippen LogP contribution in [0.4, 0.5) is 0 Å². The highest BCUT2D eigenvalue weighted by atomic mass is 16.4. The summed E-state index contributed by atoms with van der Waals surface area (Å²) in [5.41, 5.74) is 3.06. The van der Waals surface area contributed by atoms with Crippen LogP contribution in [-0.2, 0) is 4.79 Å². The van der Waals surface area contributed by atoms with Crippen LogP contribution in [0.15, 0.2) is 12.1 Å². The van der Waals surface area contributed by atoms with Crippen molar-refractivity contribution in [1.29, 1.82) is 0 Å². The minimum absolute atomic E-state index is 0.0390. The predicted octanol–water partition coefficient (Wildman–Crippen LogP) is 4.47. The Morgan fingerprint density at radius 1 is 1.05 bits per heavy atom. The number of aliphatic carboxylic acids is 1. The van der Waals surface area contributed by atoms with E-state index in [0.29, 0.717) is 12.8 Å². The highest BCUT2D eigenvalue weighted by Crippen LogP contribution is 2.46. The lowest BCUT2D eigenvalue weighted by molar-refractivity contribution is -0.145.